The topological polar surface area (TPSA) is 112 Å². The molecule has 1 saturated heterocycles. The first-order valence-corrected chi connectivity index (χ1v) is 16.5. The molecule has 9 rings (SSSR count). The largest absolute Gasteiger partial charge is 0.504 e. The monoisotopic (exact) mass is 564 g/mol. The fraction of sp³-hybridized carbons (Fsp3) is 0.548. The highest BCUT2D eigenvalue weighted by atomic mass is 32.2. The third-order valence-corrected chi connectivity index (χ3v) is 10.6. The summed E-state index contributed by atoms with van der Waals surface area (Å²) in [5.41, 5.74) is 6.35. The van der Waals surface area contributed by atoms with Crippen molar-refractivity contribution in [2.75, 3.05) is 19.3 Å². The maximum Gasteiger partial charge on any atom is 0.261 e. The molecule has 2 bridgehead atoms. The summed E-state index contributed by atoms with van der Waals surface area (Å²) >= 11 is 0. The summed E-state index contributed by atoms with van der Waals surface area (Å²) in [4.78, 5) is 2.62. The van der Waals surface area contributed by atoms with Crippen LogP contribution in [0.2, 0.25) is 0 Å². The van der Waals surface area contributed by atoms with Gasteiger partial charge in [-0.1, -0.05) is 24.3 Å². The Morgan fingerprint density at radius 3 is 2.67 bits per heavy atom. The maximum absolute atomic E-state index is 13.0. The molecule has 0 unspecified atom stereocenters. The Kier molecular flexibility index (Phi) is 5.18. The van der Waals surface area contributed by atoms with Crippen LogP contribution in [0.15, 0.2) is 30.3 Å². The molecule has 2 aromatic carbocycles. The van der Waals surface area contributed by atoms with Gasteiger partial charge in [0.15, 0.2) is 17.6 Å². The summed E-state index contributed by atoms with van der Waals surface area (Å²) in [5, 5.41) is 25.3. The van der Waals surface area contributed by atoms with E-state index < -0.39 is 21.1 Å². The molecule has 1 aromatic heterocycles. The first-order valence-electron chi connectivity index (χ1n) is 14.6. The lowest BCUT2D eigenvalue weighted by Gasteiger charge is -2.63. The van der Waals surface area contributed by atoms with Crippen molar-refractivity contribution in [3.63, 3.8) is 0 Å². The van der Waals surface area contributed by atoms with E-state index in [4.69, 9.17) is 9.29 Å². The van der Waals surface area contributed by atoms with E-state index in [0.717, 1.165) is 56.8 Å². The van der Waals surface area contributed by atoms with Gasteiger partial charge in [-0.15, -0.1) is 0 Å². The summed E-state index contributed by atoms with van der Waals surface area (Å²) in [6.45, 7) is 3.11. The Morgan fingerprint density at radius 1 is 1.10 bits per heavy atom. The van der Waals surface area contributed by atoms with E-state index in [0.29, 0.717) is 18.4 Å². The van der Waals surface area contributed by atoms with E-state index in [1.54, 1.807) is 0 Å². The molecule has 3 aliphatic heterocycles. The Morgan fingerprint density at radius 2 is 1.90 bits per heavy atom. The predicted molar refractivity (Wildman–Crippen MR) is 151 cm³/mol. The molecule has 40 heavy (non-hydrogen) atoms. The molecule has 1 saturated carbocycles. The van der Waals surface area contributed by atoms with Crippen molar-refractivity contribution in [1.82, 2.24) is 9.47 Å². The minimum atomic E-state index is -3.67. The van der Waals surface area contributed by atoms with Crippen LogP contribution in [0.3, 0.4) is 0 Å². The Hall–Kier alpha value is -2.59. The van der Waals surface area contributed by atoms with Crippen molar-refractivity contribution >= 4 is 21.0 Å². The van der Waals surface area contributed by atoms with Crippen molar-refractivity contribution in [1.29, 1.82) is 0 Å². The number of rotatable bonds is 2. The molecular weight excluding hydrogens is 528 g/mol. The molecule has 4 atom stereocenters. The van der Waals surface area contributed by atoms with Crippen LogP contribution in [-0.4, -0.2) is 63.6 Å². The number of aromatic nitrogens is 1. The number of likely N-dealkylation sites (tertiary alicyclic amines) is 1. The van der Waals surface area contributed by atoms with Crippen LogP contribution in [0.25, 0.3) is 10.9 Å². The van der Waals surface area contributed by atoms with Gasteiger partial charge in [0, 0.05) is 36.5 Å². The van der Waals surface area contributed by atoms with Crippen LogP contribution in [0, 0.1) is 5.92 Å². The second-order valence-electron chi connectivity index (χ2n) is 12.9. The fourth-order valence-electron chi connectivity index (χ4n) is 9.00. The van der Waals surface area contributed by atoms with E-state index in [2.05, 4.69) is 33.7 Å². The SMILES string of the molecule is CS(=O)(=O)O.Oc1ccc2c3c1O[C@H]1c4c(c5cccc6c5n4CCCC6)C[C@@]4(O)[C@@H](C2)N(CC2CC2)CC[C@]314. The average Bonchev–Trinajstić information content (AvgIpc) is 3.60. The molecular formula is C31H36N2O6S. The molecule has 4 heterocycles. The molecule has 0 amide bonds. The lowest BCUT2D eigenvalue weighted by molar-refractivity contribution is -0.173. The Labute approximate surface area is 234 Å². The smallest absolute Gasteiger partial charge is 0.261 e. The van der Waals surface area contributed by atoms with E-state index in [1.165, 1.54) is 52.5 Å². The van der Waals surface area contributed by atoms with Crippen LogP contribution in [0.4, 0.5) is 0 Å². The molecule has 9 heteroatoms. The molecule has 212 valence electrons. The summed E-state index contributed by atoms with van der Waals surface area (Å²) in [6.07, 6.45) is 9.00. The number of ether oxygens (including phenoxy) is 1. The third kappa shape index (κ3) is 3.32. The number of hydrogen-bond donors (Lipinski definition) is 3. The quantitative estimate of drug-likeness (QED) is 0.405. The number of nitrogens with zero attached hydrogens (tertiary/aromatic N) is 2. The summed E-state index contributed by atoms with van der Waals surface area (Å²) in [6, 6.07) is 10.8. The van der Waals surface area contributed by atoms with E-state index in [-0.39, 0.29) is 17.9 Å². The molecule has 3 N–H and O–H groups in total. The van der Waals surface area contributed by atoms with Crippen molar-refractivity contribution in [3.8, 4) is 11.5 Å². The molecule has 0 radical (unpaired) electrons. The lowest BCUT2D eigenvalue weighted by atomic mass is 9.49. The number of para-hydroxylation sites is 1. The standard InChI is InChI=1S/C30H32N2O3.CH4O3S/c33-22-10-9-19-14-23-30(34)15-21-20-6-3-5-18-4-1-2-12-32(25(18)20)26(21)28-29(30,24(19)27(22)35-28)11-13-31(23)16-17-7-8-17;1-5(2,3)4/h3,5-6,9-10,17,23,28,33-34H,1-2,4,7-8,11-16H2;1H3,(H,2,3,4)/t23-,28+,29+,30-;/m1./s1. The minimum absolute atomic E-state index is 0.0913. The van der Waals surface area contributed by atoms with Gasteiger partial charge < -0.3 is 19.5 Å². The zero-order chi connectivity index (χ0) is 27.6. The van der Waals surface area contributed by atoms with Crippen LogP contribution < -0.4 is 4.74 Å². The number of phenolic OH excluding ortho intramolecular Hbond substituents is 1. The number of fused-ring (bicyclic) bond motifs is 4. The van der Waals surface area contributed by atoms with Gasteiger partial charge in [0.05, 0.1) is 28.5 Å². The van der Waals surface area contributed by atoms with Crippen molar-refractivity contribution in [3.05, 3.63) is 58.3 Å². The number of hydrogen-bond acceptors (Lipinski definition) is 6. The van der Waals surface area contributed by atoms with Crippen LogP contribution in [0.5, 0.6) is 11.5 Å². The van der Waals surface area contributed by atoms with Crippen molar-refractivity contribution < 1.29 is 27.9 Å². The Bertz CT molecular complexity index is 1670. The van der Waals surface area contributed by atoms with Crippen molar-refractivity contribution in [2.45, 2.75) is 81.1 Å². The zero-order valence-corrected chi connectivity index (χ0v) is 23.6. The van der Waals surface area contributed by atoms with E-state index >= 15 is 0 Å². The predicted octanol–water partition coefficient (Wildman–Crippen LogP) is 3.89. The number of piperidine rings is 1. The van der Waals surface area contributed by atoms with Gasteiger partial charge in [-0.05, 0) is 80.2 Å². The molecule has 3 aromatic rings. The highest BCUT2D eigenvalue weighted by Gasteiger charge is 2.73. The van der Waals surface area contributed by atoms with E-state index in [9.17, 15) is 18.6 Å². The van der Waals surface area contributed by atoms with Gasteiger partial charge in [0.2, 0.25) is 0 Å². The van der Waals surface area contributed by atoms with Gasteiger partial charge in [0.1, 0.15) is 0 Å². The normalized spacial score (nSPS) is 31.5. The number of phenols is 1. The number of aromatic hydroxyl groups is 1. The third-order valence-electron chi connectivity index (χ3n) is 10.6. The number of benzene rings is 2. The highest BCUT2D eigenvalue weighted by Crippen LogP contribution is 2.69. The van der Waals surface area contributed by atoms with Gasteiger partial charge in [-0.2, -0.15) is 8.42 Å². The highest BCUT2D eigenvalue weighted by molar-refractivity contribution is 7.85. The summed E-state index contributed by atoms with van der Waals surface area (Å²) < 4.78 is 35.3. The average molecular weight is 565 g/mol. The Balaban J connectivity index is 0.000000455. The molecule has 6 aliphatic rings. The second kappa shape index (κ2) is 8.25. The first kappa shape index (κ1) is 25.1. The molecule has 3 aliphatic carbocycles. The van der Waals surface area contributed by atoms with Crippen LogP contribution >= 0.6 is 0 Å². The van der Waals surface area contributed by atoms with E-state index in [1.807, 2.05) is 6.07 Å². The van der Waals surface area contributed by atoms with Gasteiger partial charge in [0.25, 0.3) is 10.1 Å². The summed E-state index contributed by atoms with van der Waals surface area (Å²) in [7, 11) is -3.67. The van der Waals surface area contributed by atoms with Crippen LogP contribution in [0.1, 0.15) is 66.2 Å². The van der Waals surface area contributed by atoms with Gasteiger partial charge in [-0.3, -0.25) is 9.45 Å². The molecule has 1 spiro atoms. The second-order valence-corrected chi connectivity index (χ2v) is 14.4. The fourth-order valence-corrected chi connectivity index (χ4v) is 9.00. The van der Waals surface area contributed by atoms with Crippen molar-refractivity contribution in [2.24, 2.45) is 5.92 Å². The molecule has 8 nitrogen and oxygen atoms in total. The first-order chi connectivity index (χ1) is 19.1. The van der Waals surface area contributed by atoms with Gasteiger partial charge in [-0.25, -0.2) is 0 Å². The number of aliphatic hydroxyl groups is 1. The minimum Gasteiger partial charge on any atom is -0.504 e. The number of aryl methyl sites for hydroxylation is 2. The van der Waals surface area contributed by atoms with Gasteiger partial charge >= 0.3 is 0 Å². The molecule has 2 fully saturated rings. The lowest BCUT2D eigenvalue weighted by Crippen LogP contribution is -2.74. The van der Waals surface area contributed by atoms with Crippen LogP contribution in [-0.2, 0) is 41.3 Å². The zero-order valence-electron chi connectivity index (χ0n) is 22.8. The maximum atomic E-state index is 13.0. The summed E-state index contributed by atoms with van der Waals surface area (Å²) in [5.74, 6) is 1.66.